The first kappa shape index (κ1) is 17.6. The van der Waals surface area contributed by atoms with Crippen LogP contribution < -0.4 is 10.9 Å². The molecule has 0 bridgehead atoms. The average molecular weight is 338 g/mol. The van der Waals surface area contributed by atoms with Gasteiger partial charge in [0.15, 0.2) is 0 Å². The molecule has 2 aromatic carbocycles. The van der Waals surface area contributed by atoms with Gasteiger partial charge in [-0.25, -0.2) is 27.2 Å². The van der Waals surface area contributed by atoms with Crippen LogP contribution in [-0.2, 0) is 18.9 Å². The predicted molar refractivity (Wildman–Crippen MR) is 78.5 cm³/mol. The normalized spacial score (nSPS) is 10.0. The molecule has 0 saturated heterocycles. The lowest BCUT2D eigenvalue weighted by Gasteiger charge is -2.06. The molecule has 0 amide bonds. The van der Waals surface area contributed by atoms with Gasteiger partial charge in [-0.05, 0) is 47.3 Å². The first-order chi connectivity index (χ1) is 11.4. The Hall–Kier alpha value is -2.77. The highest BCUT2D eigenvalue weighted by atomic mass is 19.1. The summed E-state index contributed by atoms with van der Waals surface area (Å²) in [7, 11) is -1.38. The van der Waals surface area contributed by atoms with E-state index in [0.29, 0.717) is 0 Å². The van der Waals surface area contributed by atoms with Crippen molar-refractivity contribution < 1.29 is 36.5 Å². The Morgan fingerprint density at radius 1 is 0.708 bits per heavy atom. The molecular weight excluding hydrogens is 330 g/mol. The molecule has 0 unspecified atom stereocenters. The van der Waals surface area contributed by atoms with E-state index in [1.54, 1.807) is 0 Å². The zero-order chi connectivity index (χ0) is 17.7. The average Bonchev–Trinajstić information content (AvgIpc) is 2.55. The number of hydrogen-bond donors (Lipinski definition) is 0. The Bertz CT molecular complexity index is 720. The Balaban J connectivity index is 1.89. The molecule has 2 rings (SSSR count). The fourth-order valence-electron chi connectivity index (χ4n) is 1.71. The fourth-order valence-corrected chi connectivity index (χ4v) is 1.71. The molecule has 4 nitrogen and oxygen atoms in total. The maximum Gasteiger partial charge on any atom is 0.398 e. The summed E-state index contributed by atoms with van der Waals surface area (Å²) in [5.74, 6) is -6.08. The maximum absolute atomic E-state index is 13.3. The Labute approximate surface area is 134 Å². The van der Waals surface area contributed by atoms with Crippen molar-refractivity contribution in [3.63, 3.8) is 0 Å². The standard InChI is InChI=1S/C14H8B2F4O4/c17-7-1-3-11(19)9(5-7)15-23-13(21)14(22)24-16-10-6-8(18)2-4-12(10)20/h1-6,15-16H. The number of carbonyl (C=O) groups is 2. The quantitative estimate of drug-likeness (QED) is 0.447. The fraction of sp³-hybridized carbons (Fsp3) is 0. The first-order valence-electron chi connectivity index (χ1n) is 6.58. The van der Waals surface area contributed by atoms with Crippen LogP contribution in [0.3, 0.4) is 0 Å². The minimum atomic E-state index is -1.48. The van der Waals surface area contributed by atoms with Crippen molar-refractivity contribution in [3.05, 3.63) is 59.7 Å². The number of rotatable bonds is 4. The summed E-state index contributed by atoms with van der Waals surface area (Å²) in [6.07, 6.45) is 0. The zero-order valence-electron chi connectivity index (χ0n) is 12.0. The van der Waals surface area contributed by atoms with Crippen LogP contribution in [0, 0.1) is 23.3 Å². The van der Waals surface area contributed by atoms with Crippen molar-refractivity contribution in [1.82, 2.24) is 0 Å². The highest BCUT2D eigenvalue weighted by Crippen LogP contribution is 1.99. The van der Waals surface area contributed by atoms with Crippen molar-refractivity contribution in [2.24, 2.45) is 0 Å². The van der Waals surface area contributed by atoms with Gasteiger partial charge >= 0.3 is 26.9 Å². The molecule has 0 heterocycles. The van der Waals surface area contributed by atoms with Gasteiger partial charge in [0, 0.05) is 0 Å². The third-order valence-corrected chi connectivity index (χ3v) is 2.90. The Morgan fingerprint density at radius 2 is 1.08 bits per heavy atom. The van der Waals surface area contributed by atoms with Crippen LogP contribution in [0.15, 0.2) is 36.4 Å². The summed E-state index contributed by atoms with van der Waals surface area (Å²) < 4.78 is 61.5. The number of benzene rings is 2. The van der Waals surface area contributed by atoms with Crippen molar-refractivity contribution in [1.29, 1.82) is 0 Å². The number of carbonyl (C=O) groups excluding carboxylic acids is 2. The minimum Gasteiger partial charge on any atom is -0.526 e. The summed E-state index contributed by atoms with van der Waals surface area (Å²) in [4.78, 5) is 22.8. The molecule has 0 aromatic heterocycles. The first-order valence-corrected chi connectivity index (χ1v) is 6.58. The highest BCUT2D eigenvalue weighted by Gasteiger charge is 2.20. The van der Waals surface area contributed by atoms with E-state index in [0.717, 1.165) is 36.4 Å². The molecule has 0 fully saturated rings. The number of hydrogen-bond acceptors (Lipinski definition) is 4. The lowest BCUT2D eigenvalue weighted by molar-refractivity contribution is -0.156. The molecule has 0 radical (unpaired) electrons. The van der Waals surface area contributed by atoms with Gasteiger partial charge in [0.25, 0.3) is 0 Å². The van der Waals surface area contributed by atoms with E-state index >= 15 is 0 Å². The van der Waals surface area contributed by atoms with Gasteiger partial charge in [-0.15, -0.1) is 0 Å². The summed E-state index contributed by atoms with van der Waals surface area (Å²) in [6, 6.07) is 5.03. The smallest absolute Gasteiger partial charge is 0.398 e. The lowest BCUT2D eigenvalue weighted by Crippen LogP contribution is -2.32. The molecule has 122 valence electrons. The molecule has 10 heteroatoms. The van der Waals surface area contributed by atoms with E-state index in [1.165, 1.54) is 0 Å². The molecule has 0 aliphatic carbocycles. The zero-order valence-corrected chi connectivity index (χ0v) is 12.0. The van der Waals surface area contributed by atoms with Crippen molar-refractivity contribution in [3.8, 4) is 0 Å². The Kier molecular flexibility index (Phi) is 5.62. The van der Waals surface area contributed by atoms with Gasteiger partial charge in [0.2, 0.25) is 0 Å². The topological polar surface area (TPSA) is 52.6 Å². The summed E-state index contributed by atoms with van der Waals surface area (Å²) in [5.41, 5.74) is -0.542. The van der Waals surface area contributed by atoms with Crippen molar-refractivity contribution >= 4 is 37.8 Å². The third-order valence-electron chi connectivity index (χ3n) is 2.90. The van der Waals surface area contributed by atoms with Crippen LogP contribution >= 0.6 is 0 Å². The molecular formula is C14H8B2F4O4. The van der Waals surface area contributed by atoms with E-state index in [4.69, 9.17) is 0 Å². The summed E-state index contributed by atoms with van der Waals surface area (Å²) in [6.45, 7) is 0. The van der Waals surface area contributed by atoms with E-state index in [1.807, 2.05) is 0 Å². The molecule has 2 aromatic rings. The van der Waals surface area contributed by atoms with Crippen LogP contribution in [0.4, 0.5) is 17.6 Å². The van der Waals surface area contributed by atoms with Crippen LogP contribution in [0.2, 0.25) is 0 Å². The van der Waals surface area contributed by atoms with Crippen LogP contribution in [0.5, 0.6) is 0 Å². The molecule has 0 N–H and O–H groups in total. The van der Waals surface area contributed by atoms with E-state index in [9.17, 15) is 27.2 Å². The SMILES string of the molecule is O=C(OBc1cc(F)ccc1F)C(=O)OBc1cc(F)ccc1F. The minimum absolute atomic E-state index is 0.271. The second-order valence-electron chi connectivity index (χ2n) is 4.62. The van der Waals surface area contributed by atoms with Gasteiger partial charge in [0.1, 0.15) is 23.3 Å². The van der Waals surface area contributed by atoms with E-state index in [-0.39, 0.29) is 10.9 Å². The van der Waals surface area contributed by atoms with Gasteiger partial charge in [-0.1, -0.05) is 0 Å². The Morgan fingerprint density at radius 3 is 1.46 bits per heavy atom. The lowest BCUT2D eigenvalue weighted by atomic mass is 9.87. The summed E-state index contributed by atoms with van der Waals surface area (Å²) >= 11 is 0. The molecule has 24 heavy (non-hydrogen) atoms. The van der Waals surface area contributed by atoms with Crippen molar-refractivity contribution in [2.75, 3.05) is 0 Å². The second-order valence-corrected chi connectivity index (χ2v) is 4.62. The van der Waals surface area contributed by atoms with Crippen LogP contribution in [0.1, 0.15) is 0 Å². The van der Waals surface area contributed by atoms with Gasteiger partial charge in [-0.2, -0.15) is 0 Å². The molecule has 0 atom stereocenters. The predicted octanol–water partition coefficient (Wildman–Crippen LogP) is -0.0168. The third kappa shape index (κ3) is 4.61. The van der Waals surface area contributed by atoms with Crippen LogP contribution in [-0.4, -0.2) is 26.9 Å². The van der Waals surface area contributed by atoms with Crippen LogP contribution in [0.25, 0.3) is 0 Å². The molecule has 0 saturated carbocycles. The monoisotopic (exact) mass is 338 g/mol. The van der Waals surface area contributed by atoms with Gasteiger partial charge in [-0.3, -0.25) is 0 Å². The van der Waals surface area contributed by atoms with Crippen molar-refractivity contribution in [2.45, 2.75) is 0 Å². The summed E-state index contributed by atoms with van der Waals surface area (Å²) in [5, 5.41) is 0. The number of halogens is 4. The second kappa shape index (κ2) is 7.67. The van der Waals surface area contributed by atoms with E-state index in [2.05, 4.69) is 9.31 Å². The molecule has 0 aliphatic heterocycles. The maximum atomic E-state index is 13.3. The van der Waals surface area contributed by atoms with E-state index < -0.39 is 50.2 Å². The molecule has 0 aliphatic rings. The van der Waals surface area contributed by atoms with Gasteiger partial charge < -0.3 is 9.31 Å². The van der Waals surface area contributed by atoms with Gasteiger partial charge in [0.05, 0.1) is 0 Å². The molecule has 0 spiro atoms. The largest absolute Gasteiger partial charge is 0.526 e. The highest BCUT2D eigenvalue weighted by molar-refractivity contribution is 6.55.